The van der Waals surface area contributed by atoms with Gasteiger partial charge in [-0.2, -0.15) is 0 Å². The number of aryl methyl sites for hydroxylation is 1. The van der Waals surface area contributed by atoms with Crippen molar-refractivity contribution in [3.8, 4) is 0 Å². The fourth-order valence-corrected chi connectivity index (χ4v) is 4.01. The molecule has 0 aliphatic heterocycles. The highest BCUT2D eigenvalue weighted by Gasteiger charge is 2.23. The molecule has 0 unspecified atom stereocenters. The van der Waals surface area contributed by atoms with E-state index in [1.54, 1.807) is 30.0 Å². The second-order valence-corrected chi connectivity index (χ2v) is 7.43. The average molecular weight is 389 g/mol. The molecule has 0 bridgehead atoms. The van der Waals surface area contributed by atoms with Crippen LogP contribution in [-0.2, 0) is 11.2 Å². The molecule has 2 aromatic rings. The van der Waals surface area contributed by atoms with E-state index in [-0.39, 0.29) is 11.7 Å². The van der Waals surface area contributed by atoms with E-state index in [4.69, 9.17) is 0 Å². The third kappa shape index (κ3) is 5.19. The first kappa shape index (κ1) is 19.6. The molecule has 1 aliphatic rings. The zero-order valence-electron chi connectivity index (χ0n) is 15.5. The Morgan fingerprint density at radius 3 is 2.85 bits per heavy atom. The second kappa shape index (κ2) is 9.69. The van der Waals surface area contributed by atoms with Crippen molar-refractivity contribution in [1.82, 2.24) is 20.1 Å². The monoisotopic (exact) mass is 388 g/mol. The van der Waals surface area contributed by atoms with E-state index in [1.165, 1.54) is 43.9 Å². The van der Waals surface area contributed by atoms with Crippen LogP contribution < -0.4 is 5.32 Å². The molecule has 1 aromatic heterocycles. The number of halogens is 1. The summed E-state index contributed by atoms with van der Waals surface area (Å²) in [5, 5.41) is 12.5. The summed E-state index contributed by atoms with van der Waals surface area (Å²) in [4.78, 5) is 11.9. The van der Waals surface area contributed by atoms with Gasteiger partial charge in [0.15, 0.2) is 5.16 Å². The SMILES string of the molecule is CSc1nnc(CCCNC(=O)/C=C/c2ccccc2F)n1C1CCCC1. The Bertz CT molecular complexity index is 799. The van der Waals surface area contributed by atoms with E-state index in [9.17, 15) is 9.18 Å². The quantitative estimate of drug-likeness (QED) is 0.422. The minimum Gasteiger partial charge on any atom is -0.353 e. The van der Waals surface area contributed by atoms with Gasteiger partial charge in [-0.3, -0.25) is 4.79 Å². The first-order valence-electron chi connectivity index (χ1n) is 9.37. The Kier molecular flexibility index (Phi) is 7.04. The zero-order valence-corrected chi connectivity index (χ0v) is 16.3. The number of carbonyl (C=O) groups excluding carboxylic acids is 1. The van der Waals surface area contributed by atoms with Crippen molar-refractivity contribution in [3.63, 3.8) is 0 Å². The van der Waals surface area contributed by atoms with Gasteiger partial charge in [-0.25, -0.2) is 4.39 Å². The largest absolute Gasteiger partial charge is 0.353 e. The summed E-state index contributed by atoms with van der Waals surface area (Å²) < 4.78 is 15.8. The van der Waals surface area contributed by atoms with Gasteiger partial charge in [0.25, 0.3) is 0 Å². The van der Waals surface area contributed by atoms with Crippen molar-refractivity contribution in [3.05, 3.63) is 47.5 Å². The molecular weight excluding hydrogens is 363 g/mol. The molecule has 0 radical (unpaired) electrons. The van der Waals surface area contributed by atoms with Gasteiger partial charge in [0.05, 0.1) is 0 Å². The average Bonchev–Trinajstić information content (AvgIpc) is 3.33. The molecule has 1 fully saturated rings. The van der Waals surface area contributed by atoms with Gasteiger partial charge in [-0.1, -0.05) is 42.8 Å². The topological polar surface area (TPSA) is 59.8 Å². The number of hydrogen-bond acceptors (Lipinski definition) is 4. The highest BCUT2D eigenvalue weighted by atomic mass is 32.2. The predicted octanol–water partition coefficient (Wildman–Crippen LogP) is 4.02. The molecule has 144 valence electrons. The predicted molar refractivity (Wildman–Crippen MR) is 106 cm³/mol. The Labute approximate surface area is 163 Å². The highest BCUT2D eigenvalue weighted by Crippen LogP contribution is 2.33. The van der Waals surface area contributed by atoms with Crippen molar-refractivity contribution in [2.45, 2.75) is 49.7 Å². The van der Waals surface area contributed by atoms with Crippen LogP contribution in [-0.4, -0.2) is 33.5 Å². The number of rotatable bonds is 8. The molecule has 0 atom stereocenters. The van der Waals surface area contributed by atoms with Gasteiger partial charge in [0, 0.05) is 30.6 Å². The lowest BCUT2D eigenvalue weighted by Crippen LogP contribution is -2.23. The summed E-state index contributed by atoms with van der Waals surface area (Å²) in [6, 6.07) is 6.89. The molecular formula is C20H25FN4OS. The molecule has 1 N–H and O–H groups in total. The molecule has 1 saturated carbocycles. The van der Waals surface area contributed by atoms with Gasteiger partial charge < -0.3 is 9.88 Å². The standard InChI is InChI=1S/C20H25FN4OS/c1-27-20-24-23-18(25(20)16-8-3-4-9-16)11-6-14-22-19(26)13-12-15-7-2-5-10-17(15)21/h2,5,7,10,12-13,16H,3-4,6,8-9,11,14H2,1H3,(H,22,26)/b13-12+. The Balaban J connectivity index is 1.48. The van der Waals surface area contributed by atoms with Crippen molar-refractivity contribution >= 4 is 23.7 Å². The summed E-state index contributed by atoms with van der Waals surface area (Å²) in [5.74, 6) is 0.445. The van der Waals surface area contributed by atoms with Crippen LogP contribution in [0.25, 0.3) is 6.08 Å². The van der Waals surface area contributed by atoms with E-state index >= 15 is 0 Å². The molecule has 0 saturated heterocycles. The molecule has 3 rings (SSSR count). The van der Waals surface area contributed by atoms with Gasteiger partial charge >= 0.3 is 0 Å². The molecule has 5 nitrogen and oxygen atoms in total. The summed E-state index contributed by atoms with van der Waals surface area (Å²) in [5.41, 5.74) is 0.405. The van der Waals surface area contributed by atoms with E-state index in [0.29, 0.717) is 18.2 Å². The number of nitrogens with zero attached hydrogens (tertiary/aromatic N) is 3. The number of thioether (sulfide) groups is 1. The number of amides is 1. The molecule has 0 spiro atoms. The smallest absolute Gasteiger partial charge is 0.244 e. The zero-order chi connectivity index (χ0) is 19.1. The summed E-state index contributed by atoms with van der Waals surface area (Å²) in [6.07, 6.45) is 11.4. The van der Waals surface area contributed by atoms with E-state index in [2.05, 4.69) is 20.1 Å². The maximum atomic E-state index is 13.5. The normalized spacial score (nSPS) is 14.9. The van der Waals surface area contributed by atoms with Crippen LogP contribution in [0.1, 0.15) is 49.5 Å². The lowest BCUT2D eigenvalue weighted by atomic mass is 10.2. The van der Waals surface area contributed by atoms with Crippen molar-refractivity contribution in [1.29, 1.82) is 0 Å². The molecule has 1 aromatic carbocycles. The van der Waals surface area contributed by atoms with E-state index in [1.807, 2.05) is 6.26 Å². The van der Waals surface area contributed by atoms with Crippen LogP contribution in [0.5, 0.6) is 0 Å². The highest BCUT2D eigenvalue weighted by molar-refractivity contribution is 7.98. The van der Waals surface area contributed by atoms with Crippen LogP contribution in [0.3, 0.4) is 0 Å². The lowest BCUT2D eigenvalue weighted by Gasteiger charge is -2.16. The Morgan fingerprint density at radius 2 is 2.11 bits per heavy atom. The van der Waals surface area contributed by atoms with E-state index < -0.39 is 0 Å². The van der Waals surface area contributed by atoms with Crippen molar-refractivity contribution in [2.24, 2.45) is 0 Å². The van der Waals surface area contributed by atoms with Gasteiger partial charge in [0.2, 0.25) is 5.91 Å². The molecule has 1 aliphatic carbocycles. The third-order valence-corrected chi connectivity index (χ3v) is 5.45. The lowest BCUT2D eigenvalue weighted by molar-refractivity contribution is -0.116. The van der Waals surface area contributed by atoms with E-state index in [0.717, 1.165) is 23.8 Å². The first-order valence-corrected chi connectivity index (χ1v) is 10.6. The van der Waals surface area contributed by atoms with Gasteiger partial charge in [-0.15, -0.1) is 10.2 Å². The number of hydrogen-bond donors (Lipinski definition) is 1. The molecule has 1 amide bonds. The summed E-state index contributed by atoms with van der Waals surface area (Å²) >= 11 is 1.63. The Morgan fingerprint density at radius 1 is 1.33 bits per heavy atom. The maximum absolute atomic E-state index is 13.5. The van der Waals surface area contributed by atoms with Crippen molar-refractivity contribution in [2.75, 3.05) is 12.8 Å². The summed E-state index contributed by atoms with van der Waals surface area (Å²) in [6.45, 7) is 0.548. The number of aromatic nitrogens is 3. The molecule has 27 heavy (non-hydrogen) atoms. The van der Waals surface area contributed by atoms with Crippen molar-refractivity contribution < 1.29 is 9.18 Å². The molecule has 1 heterocycles. The molecule has 7 heteroatoms. The van der Waals surface area contributed by atoms with Gasteiger partial charge in [0.1, 0.15) is 11.6 Å². The van der Waals surface area contributed by atoms with Crippen LogP contribution in [0.4, 0.5) is 4.39 Å². The summed E-state index contributed by atoms with van der Waals surface area (Å²) in [7, 11) is 0. The number of carbonyl (C=O) groups is 1. The minimum absolute atomic E-state index is 0.222. The fraction of sp³-hybridized carbons (Fsp3) is 0.450. The first-order chi connectivity index (χ1) is 13.2. The minimum atomic E-state index is -0.336. The number of benzene rings is 1. The van der Waals surface area contributed by atoms with Crippen LogP contribution in [0, 0.1) is 5.82 Å². The van der Waals surface area contributed by atoms with Crippen LogP contribution in [0.2, 0.25) is 0 Å². The van der Waals surface area contributed by atoms with Gasteiger partial charge in [-0.05, 0) is 37.7 Å². The second-order valence-electron chi connectivity index (χ2n) is 6.66. The number of nitrogens with one attached hydrogen (secondary N) is 1. The van der Waals surface area contributed by atoms with Crippen LogP contribution in [0.15, 0.2) is 35.5 Å². The third-order valence-electron chi connectivity index (χ3n) is 4.80. The fourth-order valence-electron chi connectivity index (χ4n) is 3.44. The Hall–Kier alpha value is -2.15. The van der Waals surface area contributed by atoms with Crippen LogP contribution >= 0.6 is 11.8 Å². The maximum Gasteiger partial charge on any atom is 0.244 e.